The molecule has 1 aliphatic rings. The Kier molecular flexibility index (Phi) is 8.19. The van der Waals surface area contributed by atoms with E-state index in [9.17, 15) is 14.7 Å². The number of aliphatic hydroxyl groups is 1. The van der Waals surface area contributed by atoms with Gasteiger partial charge in [0.2, 0.25) is 5.75 Å². The van der Waals surface area contributed by atoms with Crippen molar-refractivity contribution in [2.75, 3.05) is 21.3 Å². The third-order valence-electron chi connectivity index (χ3n) is 7.23. The molecule has 0 saturated carbocycles. The topological polar surface area (TPSA) is 108 Å². The van der Waals surface area contributed by atoms with Gasteiger partial charge < -0.3 is 33.4 Å². The molecule has 3 aromatic carbocycles. The Hall–Kier alpha value is -5.18. The Morgan fingerprint density at radius 3 is 2.19 bits per heavy atom. The summed E-state index contributed by atoms with van der Waals surface area (Å²) < 4.78 is 27.9. The molecule has 1 aliphatic heterocycles. The minimum Gasteiger partial charge on any atom is -0.507 e. The maximum Gasteiger partial charge on any atom is 0.296 e. The SMILES string of the molecule is COc1cc(C2C(=C(O)c3ccc(OCc4ccccc4C)cc3)C(=O)C(=O)N2Cc2ccco2)cc(OC)c1OC. The predicted molar refractivity (Wildman–Crippen MR) is 155 cm³/mol. The molecular weight excluding hydrogens is 538 g/mol. The van der Waals surface area contributed by atoms with Crippen LogP contribution in [0.2, 0.25) is 0 Å². The van der Waals surface area contributed by atoms with E-state index in [1.807, 2.05) is 31.2 Å². The molecule has 0 radical (unpaired) electrons. The lowest BCUT2D eigenvalue weighted by atomic mass is 9.94. The van der Waals surface area contributed by atoms with Gasteiger partial charge in [0.05, 0.1) is 45.8 Å². The molecule has 1 aromatic heterocycles. The Balaban J connectivity index is 1.55. The molecule has 5 rings (SSSR count). The number of likely N-dealkylation sites (tertiary alicyclic amines) is 1. The standard InChI is InChI=1S/C33H31NO8/c1-20-8-5-6-9-22(20)19-42-24-13-11-21(12-14-24)30(35)28-29(23-16-26(38-2)32(40-4)27(17-23)39-3)34(33(37)31(28)36)18-25-10-7-15-41-25/h5-17,29,35H,18-19H2,1-4H3. The van der Waals surface area contributed by atoms with Crippen LogP contribution >= 0.6 is 0 Å². The van der Waals surface area contributed by atoms with Gasteiger partial charge in [-0.25, -0.2) is 0 Å². The first-order valence-electron chi connectivity index (χ1n) is 13.2. The van der Waals surface area contributed by atoms with Crippen molar-refractivity contribution in [3.63, 3.8) is 0 Å². The van der Waals surface area contributed by atoms with Crippen molar-refractivity contribution in [3.05, 3.63) is 113 Å². The number of Topliss-reactive ketones (excluding diaryl/α,β-unsaturated/α-hetero) is 1. The van der Waals surface area contributed by atoms with Crippen LogP contribution in [0, 0.1) is 6.92 Å². The molecule has 0 bridgehead atoms. The summed E-state index contributed by atoms with van der Waals surface area (Å²) in [6, 6.07) is 20.4. The fraction of sp³-hybridized carbons (Fsp3) is 0.212. The third-order valence-corrected chi connectivity index (χ3v) is 7.23. The average molecular weight is 570 g/mol. The lowest BCUT2D eigenvalue weighted by molar-refractivity contribution is -0.140. The monoisotopic (exact) mass is 569 g/mol. The summed E-state index contributed by atoms with van der Waals surface area (Å²) in [5, 5.41) is 11.5. The Morgan fingerprint density at radius 2 is 1.60 bits per heavy atom. The highest BCUT2D eigenvalue weighted by atomic mass is 16.5. The number of carbonyl (C=O) groups excluding carboxylic acids is 2. The van der Waals surface area contributed by atoms with Crippen LogP contribution in [0.1, 0.15) is 34.1 Å². The quantitative estimate of drug-likeness (QED) is 0.145. The van der Waals surface area contributed by atoms with Crippen molar-refractivity contribution >= 4 is 17.4 Å². The summed E-state index contributed by atoms with van der Waals surface area (Å²) in [6.45, 7) is 2.41. The van der Waals surface area contributed by atoms with Crippen LogP contribution in [-0.4, -0.2) is 43.0 Å². The number of ether oxygens (including phenoxy) is 4. The van der Waals surface area contributed by atoms with E-state index in [1.54, 1.807) is 48.5 Å². The fourth-order valence-electron chi connectivity index (χ4n) is 5.02. The van der Waals surface area contributed by atoms with Crippen molar-refractivity contribution in [3.8, 4) is 23.0 Å². The smallest absolute Gasteiger partial charge is 0.296 e. The number of aryl methyl sites for hydroxylation is 1. The molecule has 9 nitrogen and oxygen atoms in total. The van der Waals surface area contributed by atoms with Gasteiger partial charge in [-0.3, -0.25) is 9.59 Å². The van der Waals surface area contributed by atoms with Gasteiger partial charge in [0, 0.05) is 5.56 Å². The van der Waals surface area contributed by atoms with Gasteiger partial charge in [-0.2, -0.15) is 0 Å². The summed E-state index contributed by atoms with van der Waals surface area (Å²) in [7, 11) is 4.44. The van der Waals surface area contributed by atoms with Crippen LogP contribution in [0.25, 0.3) is 5.76 Å². The number of benzene rings is 3. The molecule has 0 spiro atoms. The second-order valence-corrected chi connectivity index (χ2v) is 9.70. The number of carbonyl (C=O) groups is 2. The molecule has 0 aliphatic carbocycles. The van der Waals surface area contributed by atoms with Crippen molar-refractivity contribution in [1.29, 1.82) is 0 Å². The number of hydrogen-bond acceptors (Lipinski definition) is 8. The predicted octanol–water partition coefficient (Wildman–Crippen LogP) is 5.81. The van der Waals surface area contributed by atoms with Gasteiger partial charge in [0.15, 0.2) is 11.5 Å². The number of methoxy groups -OCH3 is 3. The zero-order valence-electron chi connectivity index (χ0n) is 23.7. The van der Waals surface area contributed by atoms with Crippen LogP contribution in [-0.2, 0) is 22.7 Å². The second-order valence-electron chi connectivity index (χ2n) is 9.70. The summed E-state index contributed by atoms with van der Waals surface area (Å²) in [6.07, 6.45) is 1.49. The van der Waals surface area contributed by atoms with Crippen LogP contribution in [0.5, 0.6) is 23.0 Å². The molecule has 216 valence electrons. The highest BCUT2D eigenvalue weighted by molar-refractivity contribution is 6.46. The normalized spacial score (nSPS) is 16.0. The van der Waals surface area contributed by atoms with Gasteiger partial charge in [0.1, 0.15) is 23.9 Å². The van der Waals surface area contributed by atoms with E-state index in [0.717, 1.165) is 11.1 Å². The highest BCUT2D eigenvalue weighted by Crippen LogP contribution is 2.46. The number of hydrogen-bond donors (Lipinski definition) is 1. The molecule has 1 amide bonds. The number of aliphatic hydroxyl groups excluding tert-OH is 1. The molecule has 9 heteroatoms. The van der Waals surface area contributed by atoms with Crippen LogP contribution < -0.4 is 18.9 Å². The zero-order chi connectivity index (χ0) is 29.8. The number of nitrogens with zero attached hydrogens (tertiary/aromatic N) is 1. The molecule has 1 fully saturated rings. The number of ketones is 1. The van der Waals surface area contributed by atoms with Gasteiger partial charge in [-0.05, 0) is 72.1 Å². The Morgan fingerprint density at radius 1 is 0.905 bits per heavy atom. The largest absolute Gasteiger partial charge is 0.507 e. The Bertz CT molecular complexity index is 1600. The van der Waals surface area contributed by atoms with Gasteiger partial charge in [-0.1, -0.05) is 24.3 Å². The van der Waals surface area contributed by atoms with E-state index < -0.39 is 17.7 Å². The maximum atomic E-state index is 13.5. The summed E-state index contributed by atoms with van der Waals surface area (Å²) in [4.78, 5) is 28.2. The summed E-state index contributed by atoms with van der Waals surface area (Å²) in [5.74, 6) is 0.185. The molecule has 2 heterocycles. The van der Waals surface area contributed by atoms with Crippen LogP contribution in [0.3, 0.4) is 0 Å². The van der Waals surface area contributed by atoms with Crippen molar-refractivity contribution in [2.45, 2.75) is 26.1 Å². The average Bonchev–Trinajstić information content (AvgIpc) is 3.62. The van der Waals surface area contributed by atoms with Crippen molar-refractivity contribution in [1.82, 2.24) is 4.90 Å². The van der Waals surface area contributed by atoms with Crippen LogP contribution in [0.15, 0.2) is 89.0 Å². The van der Waals surface area contributed by atoms with E-state index >= 15 is 0 Å². The zero-order valence-corrected chi connectivity index (χ0v) is 23.7. The van der Waals surface area contributed by atoms with E-state index in [0.29, 0.717) is 46.5 Å². The first-order valence-corrected chi connectivity index (χ1v) is 13.2. The second kappa shape index (κ2) is 12.1. The van der Waals surface area contributed by atoms with E-state index in [1.165, 1.54) is 32.5 Å². The molecule has 1 atom stereocenters. The molecule has 42 heavy (non-hydrogen) atoms. The summed E-state index contributed by atoms with van der Waals surface area (Å²) >= 11 is 0. The fourth-order valence-corrected chi connectivity index (χ4v) is 5.02. The Labute approximate surface area is 243 Å². The summed E-state index contributed by atoms with van der Waals surface area (Å²) in [5.41, 5.74) is 2.94. The lowest BCUT2D eigenvalue weighted by Crippen LogP contribution is -2.29. The number of amides is 1. The van der Waals surface area contributed by atoms with Crippen molar-refractivity contribution in [2.24, 2.45) is 0 Å². The molecule has 4 aromatic rings. The molecule has 1 saturated heterocycles. The first kappa shape index (κ1) is 28.4. The minimum atomic E-state index is -0.971. The van der Waals surface area contributed by atoms with E-state index in [2.05, 4.69) is 0 Å². The van der Waals surface area contributed by atoms with E-state index in [-0.39, 0.29) is 17.9 Å². The molecular formula is C33H31NO8. The number of rotatable bonds is 10. The van der Waals surface area contributed by atoms with E-state index in [4.69, 9.17) is 23.4 Å². The number of furan rings is 1. The van der Waals surface area contributed by atoms with Crippen molar-refractivity contribution < 1.29 is 38.1 Å². The van der Waals surface area contributed by atoms with Gasteiger partial charge in [-0.15, -0.1) is 0 Å². The minimum absolute atomic E-state index is 0.00135. The van der Waals surface area contributed by atoms with Crippen LogP contribution in [0.4, 0.5) is 0 Å². The molecule has 1 unspecified atom stereocenters. The van der Waals surface area contributed by atoms with Gasteiger partial charge in [0.25, 0.3) is 11.7 Å². The lowest BCUT2D eigenvalue weighted by Gasteiger charge is -2.26. The maximum absolute atomic E-state index is 13.5. The van der Waals surface area contributed by atoms with Gasteiger partial charge >= 0.3 is 0 Å². The third kappa shape index (κ3) is 5.41. The molecule has 1 N–H and O–H groups in total. The highest BCUT2D eigenvalue weighted by Gasteiger charge is 2.47. The first-order chi connectivity index (χ1) is 20.4.